The number of carbonyl (C=O) groups excluding carboxylic acids is 1. The Bertz CT molecular complexity index is 1730. The first-order valence-corrected chi connectivity index (χ1v) is 12.7. The van der Waals surface area contributed by atoms with Crippen molar-refractivity contribution in [2.45, 2.75) is 25.8 Å². The molecule has 4 rings (SSSR count). The number of benzene rings is 1. The number of aromatic nitrogens is 4. The van der Waals surface area contributed by atoms with Crippen LogP contribution in [0.15, 0.2) is 83.2 Å². The minimum absolute atomic E-state index is 0.116. The van der Waals surface area contributed by atoms with Gasteiger partial charge < -0.3 is 19.9 Å². The molecule has 3 N–H and O–H groups in total. The highest BCUT2D eigenvalue weighted by molar-refractivity contribution is 6.10. The maximum absolute atomic E-state index is 13.4. The topological polar surface area (TPSA) is 126 Å². The van der Waals surface area contributed by atoms with Gasteiger partial charge in [-0.2, -0.15) is 5.10 Å². The SMILES string of the molecule is C=C(/C=C\C(=NC)NC(=O)c1cn(C)cc(-c2ccc(F)cc2)c1=O)Oc1ccnc2[nH]nc(NC(C)CC(F)F)c12. The number of halogens is 3. The van der Waals surface area contributed by atoms with Crippen molar-refractivity contribution in [2.24, 2.45) is 12.0 Å². The fourth-order valence-corrected chi connectivity index (χ4v) is 4.08. The molecule has 1 unspecified atom stereocenters. The van der Waals surface area contributed by atoms with E-state index in [4.69, 9.17) is 4.74 Å². The monoisotopic (exact) mass is 579 g/mol. The van der Waals surface area contributed by atoms with Gasteiger partial charge in [-0.1, -0.05) is 18.7 Å². The zero-order valence-corrected chi connectivity index (χ0v) is 23.0. The number of pyridine rings is 2. The van der Waals surface area contributed by atoms with Gasteiger partial charge in [0.05, 0.1) is 0 Å². The summed E-state index contributed by atoms with van der Waals surface area (Å²) in [5.74, 6) is -0.259. The van der Waals surface area contributed by atoms with Crippen LogP contribution < -0.4 is 20.8 Å². The lowest BCUT2D eigenvalue weighted by Gasteiger charge is -2.13. The molecule has 0 bridgehead atoms. The number of fused-ring (bicyclic) bond motifs is 1. The predicted octanol–water partition coefficient (Wildman–Crippen LogP) is 4.83. The van der Waals surface area contributed by atoms with Crippen molar-refractivity contribution in [3.63, 3.8) is 0 Å². The van der Waals surface area contributed by atoms with Crippen molar-refractivity contribution in [1.82, 2.24) is 25.1 Å². The van der Waals surface area contributed by atoms with Crippen LogP contribution in [0.3, 0.4) is 0 Å². The number of nitrogens with one attached hydrogen (secondary N) is 3. The first-order valence-electron chi connectivity index (χ1n) is 12.7. The van der Waals surface area contributed by atoms with E-state index in [1.807, 2.05) is 0 Å². The van der Waals surface area contributed by atoms with Gasteiger partial charge in [-0.3, -0.25) is 19.7 Å². The van der Waals surface area contributed by atoms with E-state index in [0.717, 1.165) is 0 Å². The number of carbonyl (C=O) groups is 1. The van der Waals surface area contributed by atoms with E-state index in [1.54, 1.807) is 30.8 Å². The highest BCUT2D eigenvalue weighted by Crippen LogP contribution is 2.31. The molecule has 1 aromatic carbocycles. The van der Waals surface area contributed by atoms with E-state index in [0.29, 0.717) is 28.2 Å². The number of alkyl halides is 2. The molecule has 1 atom stereocenters. The Morgan fingerprint density at radius 3 is 2.64 bits per heavy atom. The molecule has 4 aromatic rings. The molecular weight excluding hydrogens is 551 g/mol. The molecule has 13 heteroatoms. The molecule has 3 heterocycles. The smallest absolute Gasteiger partial charge is 0.262 e. The van der Waals surface area contributed by atoms with E-state index in [1.165, 1.54) is 55.9 Å². The number of amidine groups is 1. The molecule has 218 valence electrons. The first kappa shape index (κ1) is 29.8. The van der Waals surface area contributed by atoms with Crippen LogP contribution in [0.2, 0.25) is 0 Å². The predicted molar refractivity (Wildman–Crippen MR) is 154 cm³/mol. The highest BCUT2D eigenvalue weighted by atomic mass is 19.3. The molecule has 0 saturated heterocycles. The maximum atomic E-state index is 13.4. The highest BCUT2D eigenvalue weighted by Gasteiger charge is 2.18. The third-order valence-corrected chi connectivity index (χ3v) is 6.04. The van der Waals surface area contributed by atoms with Crippen LogP contribution in [0.5, 0.6) is 5.75 Å². The molecule has 0 aliphatic heterocycles. The van der Waals surface area contributed by atoms with Gasteiger partial charge in [0.1, 0.15) is 34.1 Å². The average molecular weight is 580 g/mol. The molecular formula is C29H28F3N7O3. The number of H-pyrrole nitrogens is 1. The van der Waals surface area contributed by atoms with Crippen molar-refractivity contribution in [2.75, 3.05) is 12.4 Å². The second-order valence-electron chi connectivity index (χ2n) is 9.33. The van der Waals surface area contributed by atoms with E-state index in [9.17, 15) is 22.8 Å². The minimum atomic E-state index is -2.48. The van der Waals surface area contributed by atoms with Crippen molar-refractivity contribution >= 4 is 28.6 Å². The van der Waals surface area contributed by atoms with Gasteiger partial charge >= 0.3 is 0 Å². The van der Waals surface area contributed by atoms with Gasteiger partial charge in [0.15, 0.2) is 11.5 Å². The second-order valence-corrected chi connectivity index (χ2v) is 9.33. The number of nitrogens with zero attached hydrogens (tertiary/aromatic N) is 4. The lowest BCUT2D eigenvalue weighted by atomic mass is 10.0. The summed E-state index contributed by atoms with van der Waals surface area (Å²) in [5.41, 5.74) is 0.415. The number of rotatable bonds is 10. The van der Waals surface area contributed by atoms with Crippen LogP contribution in [-0.2, 0) is 7.05 Å². The third-order valence-electron chi connectivity index (χ3n) is 6.04. The quantitative estimate of drug-likeness (QED) is 0.107. The van der Waals surface area contributed by atoms with E-state index in [2.05, 4.69) is 37.4 Å². The summed E-state index contributed by atoms with van der Waals surface area (Å²) in [4.78, 5) is 34.4. The van der Waals surface area contributed by atoms with E-state index >= 15 is 0 Å². The van der Waals surface area contributed by atoms with Crippen molar-refractivity contribution in [3.8, 4) is 16.9 Å². The maximum Gasteiger partial charge on any atom is 0.262 e. The summed E-state index contributed by atoms with van der Waals surface area (Å²) in [6.07, 6.45) is 4.47. The Morgan fingerprint density at radius 2 is 1.95 bits per heavy atom. The lowest BCUT2D eigenvalue weighted by Crippen LogP contribution is -2.33. The summed E-state index contributed by atoms with van der Waals surface area (Å²) >= 11 is 0. The molecule has 0 aliphatic rings. The molecule has 0 fully saturated rings. The summed E-state index contributed by atoms with van der Waals surface area (Å²) in [7, 11) is 3.11. The molecule has 10 nitrogen and oxygen atoms in total. The molecule has 0 aliphatic carbocycles. The normalized spacial score (nSPS) is 12.6. The number of anilines is 1. The average Bonchev–Trinajstić information content (AvgIpc) is 3.35. The third kappa shape index (κ3) is 7.11. The molecule has 42 heavy (non-hydrogen) atoms. The largest absolute Gasteiger partial charge is 0.457 e. The number of aliphatic imine (C=N–C) groups is 1. The Hall–Kier alpha value is -5.20. The summed E-state index contributed by atoms with van der Waals surface area (Å²) in [6.45, 7) is 5.48. The van der Waals surface area contributed by atoms with Crippen LogP contribution in [0.1, 0.15) is 23.7 Å². The van der Waals surface area contributed by atoms with Crippen LogP contribution >= 0.6 is 0 Å². The Balaban J connectivity index is 1.48. The van der Waals surface area contributed by atoms with Gasteiger partial charge in [0.2, 0.25) is 11.9 Å². The van der Waals surface area contributed by atoms with Gasteiger partial charge in [-0.25, -0.2) is 18.2 Å². The van der Waals surface area contributed by atoms with Crippen LogP contribution in [0.25, 0.3) is 22.2 Å². The molecule has 0 saturated carbocycles. The number of amides is 1. The van der Waals surface area contributed by atoms with Crippen LogP contribution in [-0.4, -0.2) is 51.0 Å². The molecule has 0 radical (unpaired) electrons. The minimum Gasteiger partial charge on any atom is -0.457 e. The number of aromatic amines is 1. The zero-order chi connectivity index (χ0) is 30.4. The van der Waals surface area contributed by atoms with Crippen molar-refractivity contribution in [3.05, 3.63) is 95.0 Å². The summed E-state index contributed by atoms with van der Waals surface area (Å²) in [6, 6.07) is 6.40. The molecule has 1 amide bonds. The van der Waals surface area contributed by atoms with Crippen molar-refractivity contribution in [1.29, 1.82) is 0 Å². The standard InChI is InChI=1S/C29H28F3N7O3/c1-16(13-23(31)32)35-28-25-22(11-12-34-27(25)37-38-28)42-17(2)5-10-24(33-3)36-29(41)21-15-39(4)14-20(26(21)40)18-6-8-19(30)9-7-18/h5-12,14-16,23H,2,13H2,1,3-4H3,(H,33,36,41)(H2,34,35,37,38)/b10-5-. The van der Waals surface area contributed by atoms with Crippen molar-refractivity contribution < 1.29 is 22.7 Å². The summed E-state index contributed by atoms with van der Waals surface area (Å²) < 4.78 is 46.4. The van der Waals surface area contributed by atoms with Gasteiger partial charge in [0, 0.05) is 56.8 Å². The van der Waals surface area contributed by atoms with Gasteiger partial charge in [-0.05, 0) is 36.8 Å². The fraction of sp³-hybridized carbons (Fsp3) is 0.207. The second kappa shape index (κ2) is 13.0. The first-order chi connectivity index (χ1) is 20.0. The van der Waals surface area contributed by atoms with E-state index < -0.39 is 29.6 Å². The Morgan fingerprint density at radius 1 is 1.21 bits per heavy atom. The van der Waals surface area contributed by atoms with Crippen LogP contribution in [0.4, 0.5) is 19.0 Å². The Kier molecular flexibility index (Phi) is 9.20. The van der Waals surface area contributed by atoms with Gasteiger partial charge in [0.25, 0.3) is 5.91 Å². The molecule has 3 aromatic heterocycles. The number of hydrogen-bond acceptors (Lipinski definition) is 7. The number of aryl methyl sites for hydroxylation is 1. The molecule has 0 spiro atoms. The number of allylic oxidation sites excluding steroid dienone is 1. The van der Waals surface area contributed by atoms with E-state index in [-0.39, 0.29) is 29.1 Å². The summed E-state index contributed by atoms with van der Waals surface area (Å²) in [5, 5.41) is 12.8. The van der Waals surface area contributed by atoms with Crippen LogP contribution in [0, 0.1) is 5.82 Å². The van der Waals surface area contributed by atoms with Gasteiger partial charge in [-0.15, -0.1) is 0 Å². The lowest BCUT2D eigenvalue weighted by molar-refractivity contribution is 0.0975. The zero-order valence-electron chi connectivity index (χ0n) is 23.0. The fourth-order valence-electron chi connectivity index (χ4n) is 4.08. The number of hydrogen-bond donors (Lipinski definition) is 3. The number of ether oxygens (including phenoxy) is 1. The Labute approximate surface area is 238 Å².